The monoisotopic (exact) mass is 403 g/mol. The summed E-state index contributed by atoms with van der Waals surface area (Å²) >= 11 is 3.40. The number of hydrogen-bond donors (Lipinski definition) is 0. The molecule has 0 unspecified atom stereocenters. The average Bonchev–Trinajstić information content (AvgIpc) is 2.61. The van der Waals surface area contributed by atoms with Crippen LogP contribution in [-0.4, -0.2) is 41.4 Å². The van der Waals surface area contributed by atoms with Gasteiger partial charge in [0.1, 0.15) is 0 Å². The van der Waals surface area contributed by atoms with Crippen LogP contribution in [0.5, 0.6) is 0 Å². The van der Waals surface area contributed by atoms with Crippen molar-refractivity contribution in [2.24, 2.45) is 0 Å². The molecule has 2 aromatic carbocycles. The van der Waals surface area contributed by atoms with Gasteiger partial charge in [0.2, 0.25) is 0 Å². The minimum absolute atomic E-state index is 0.0251. The van der Waals surface area contributed by atoms with Crippen LogP contribution in [0.4, 0.5) is 11.4 Å². The first kappa shape index (κ1) is 17.4. The average molecular weight is 404 g/mol. The molecule has 0 N–H and O–H groups in total. The lowest BCUT2D eigenvalue weighted by Crippen LogP contribution is -2.54. The zero-order chi connectivity index (χ0) is 18.0. The molecule has 25 heavy (non-hydrogen) atoms. The Morgan fingerprint density at radius 1 is 1.20 bits per heavy atom. The third kappa shape index (κ3) is 3.82. The molecule has 1 saturated heterocycles. The summed E-state index contributed by atoms with van der Waals surface area (Å²) in [5, 5.41) is 10.8. The van der Waals surface area contributed by atoms with Gasteiger partial charge in [-0.1, -0.05) is 22.0 Å². The molecule has 0 aromatic heterocycles. The van der Waals surface area contributed by atoms with Crippen molar-refractivity contribution in [2.45, 2.75) is 13.0 Å². The van der Waals surface area contributed by atoms with E-state index in [-0.39, 0.29) is 17.6 Å². The zero-order valence-corrected chi connectivity index (χ0v) is 15.3. The quantitative estimate of drug-likeness (QED) is 0.578. The second kappa shape index (κ2) is 7.23. The first-order chi connectivity index (χ1) is 12.0. The smallest absolute Gasteiger partial charge is 0.269 e. The van der Waals surface area contributed by atoms with Crippen LogP contribution in [0.1, 0.15) is 17.3 Å². The van der Waals surface area contributed by atoms with Crippen molar-refractivity contribution in [1.82, 2.24) is 4.90 Å². The fraction of sp³-hybridized carbons (Fsp3) is 0.278. The summed E-state index contributed by atoms with van der Waals surface area (Å²) < 4.78 is 0.885. The van der Waals surface area contributed by atoms with E-state index in [0.717, 1.165) is 10.2 Å². The molecule has 0 bridgehead atoms. The second-order valence-corrected chi connectivity index (χ2v) is 6.99. The number of non-ortho nitro benzene ring substituents is 1. The topological polar surface area (TPSA) is 66.7 Å². The van der Waals surface area contributed by atoms with E-state index in [1.165, 1.54) is 12.1 Å². The van der Waals surface area contributed by atoms with Crippen LogP contribution >= 0.6 is 15.9 Å². The van der Waals surface area contributed by atoms with Crippen LogP contribution in [0.3, 0.4) is 0 Å². The van der Waals surface area contributed by atoms with E-state index in [1.807, 2.05) is 36.1 Å². The lowest BCUT2D eigenvalue weighted by atomic mass is 10.1. The molecule has 0 aliphatic carbocycles. The van der Waals surface area contributed by atoms with E-state index < -0.39 is 4.92 Å². The first-order valence-electron chi connectivity index (χ1n) is 8.01. The molecule has 2 aromatic rings. The van der Waals surface area contributed by atoms with Crippen molar-refractivity contribution >= 4 is 33.2 Å². The molecule has 6 nitrogen and oxygen atoms in total. The van der Waals surface area contributed by atoms with Gasteiger partial charge in [-0.25, -0.2) is 0 Å². The molecule has 1 aliphatic rings. The second-order valence-electron chi connectivity index (χ2n) is 6.08. The molecule has 1 atom stereocenters. The molecule has 130 valence electrons. The van der Waals surface area contributed by atoms with Crippen LogP contribution in [0, 0.1) is 10.1 Å². The van der Waals surface area contributed by atoms with Gasteiger partial charge in [-0.2, -0.15) is 0 Å². The van der Waals surface area contributed by atoms with Crippen LogP contribution in [-0.2, 0) is 0 Å². The lowest BCUT2D eigenvalue weighted by molar-refractivity contribution is -0.384. The maximum atomic E-state index is 12.7. The first-order valence-corrected chi connectivity index (χ1v) is 8.81. The third-order valence-corrected chi connectivity index (χ3v) is 4.88. The van der Waals surface area contributed by atoms with Gasteiger partial charge >= 0.3 is 0 Å². The van der Waals surface area contributed by atoms with Crippen molar-refractivity contribution in [2.75, 3.05) is 24.5 Å². The molecule has 7 heteroatoms. The summed E-state index contributed by atoms with van der Waals surface area (Å²) in [4.78, 5) is 27.1. The maximum Gasteiger partial charge on any atom is 0.269 e. The van der Waals surface area contributed by atoms with Crippen molar-refractivity contribution in [1.29, 1.82) is 0 Å². The number of nitrogens with zero attached hydrogens (tertiary/aromatic N) is 3. The van der Waals surface area contributed by atoms with Crippen molar-refractivity contribution in [3.8, 4) is 0 Å². The fourth-order valence-corrected chi connectivity index (χ4v) is 3.47. The Labute approximate surface area is 154 Å². The summed E-state index contributed by atoms with van der Waals surface area (Å²) in [6.45, 7) is 4.02. The van der Waals surface area contributed by atoms with E-state index in [4.69, 9.17) is 0 Å². The fourth-order valence-electron chi connectivity index (χ4n) is 3.07. The molecular weight excluding hydrogens is 386 g/mol. The number of rotatable bonds is 3. The summed E-state index contributed by atoms with van der Waals surface area (Å²) in [5.41, 5.74) is 1.69. The molecule has 1 aliphatic heterocycles. The van der Waals surface area contributed by atoms with Crippen molar-refractivity contribution < 1.29 is 9.72 Å². The Morgan fingerprint density at radius 3 is 2.52 bits per heavy atom. The molecule has 0 saturated carbocycles. The Hall–Kier alpha value is -2.41. The minimum atomic E-state index is -0.402. The summed E-state index contributed by atoms with van der Waals surface area (Å²) in [6, 6.07) is 14.0. The molecule has 0 spiro atoms. The Balaban J connectivity index is 1.70. The number of anilines is 1. The standard InChI is InChI=1S/C18H18BrN3O3/c1-13-12-20(16-5-7-17(8-6-16)22(24)25)9-10-21(13)18(23)14-3-2-4-15(19)11-14/h2-8,11,13H,9-10,12H2,1H3/t13-/m1/s1. The van der Waals surface area contributed by atoms with E-state index in [1.54, 1.807) is 12.1 Å². The number of nitro groups is 1. The predicted molar refractivity (Wildman–Crippen MR) is 99.9 cm³/mol. The van der Waals surface area contributed by atoms with E-state index in [2.05, 4.69) is 20.8 Å². The number of carbonyl (C=O) groups is 1. The highest BCUT2D eigenvalue weighted by atomic mass is 79.9. The van der Waals surface area contributed by atoms with Gasteiger partial charge in [-0.15, -0.1) is 0 Å². The lowest BCUT2D eigenvalue weighted by Gasteiger charge is -2.41. The summed E-state index contributed by atoms with van der Waals surface area (Å²) in [5.74, 6) is 0.0251. The van der Waals surface area contributed by atoms with Crippen molar-refractivity contribution in [3.05, 3.63) is 68.7 Å². The van der Waals surface area contributed by atoms with E-state index in [0.29, 0.717) is 25.2 Å². The maximum absolute atomic E-state index is 12.7. The largest absolute Gasteiger partial charge is 0.368 e. The zero-order valence-electron chi connectivity index (χ0n) is 13.8. The highest BCUT2D eigenvalue weighted by Crippen LogP contribution is 2.23. The number of hydrogen-bond acceptors (Lipinski definition) is 4. The normalized spacial score (nSPS) is 17.4. The summed E-state index contributed by atoms with van der Waals surface area (Å²) in [6.07, 6.45) is 0. The van der Waals surface area contributed by atoms with Gasteiger partial charge in [0.15, 0.2) is 0 Å². The third-order valence-electron chi connectivity index (χ3n) is 4.39. The number of carbonyl (C=O) groups excluding carboxylic acids is 1. The van der Waals surface area contributed by atoms with E-state index >= 15 is 0 Å². The highest BCUT2D eigenvalue weighted by Gasteiger charge is 2.28. The van der Waals surface area contributed by atoms with Gasteiger partial charge in [0, 0.05) is 53.5 Å². The van der Waals surface area contributed by atoms with Gasteiger partial charge < -0.3 is 9.80 Å². The van der Waals surface area contributed by atoms with Crippen LogP contribution in [0.25, 0.3) is 0 Å². The van der Waals surface area contributed by atoms with Gasteiger partial charge in [-0.05, 0) is 37.3 Å². The SMILES string of the molecule is C[C@@H]1CN(c2ccc([N+](=O)[O-])cc2)CCN1C(=O)c1cccc(Br)c1. The number of piperazine rings is 1. The van der Waals surface area contributed by atoms with Gasteiger partial charge in [0.25, 0.3) is 11.6 Å². The molecule has 3 rings (SSSR count). The van der Waals surface area contributed by atoms with Crippen molar-refractivity contribution in [3.63, 3.8) is 0 Å². The predicted octanol–water partition coefficient (Wildman–Crippen LogP) is 3.71. The molecular formula is C18H18BrN3O3. The number of benzene rings is 2. The molecule has 1 heterocycles. The molecule has 1 amide bonds. The van der Waals surface area contributed by atoms with Crippen LogP contribution in [0.2, 0.25) is 0 Å². The van der Waals surface area contributed by atoms with E-state index in [9.17, 15) is 14.9 Å². The summed E-state index contributed by atoms with van der Waals surface area (Å²) in [7, 11) is 0. The highest BCUT2D eigenvalue weighted by molar-refractivity contribution is 9.10. The van der Waals surface area contributed by atoms with Gasteiger partial charge in [0.05, 0.1) is 4.92 Å². The van der Waals surface area contributed by atoms with Crippen LogP contribution < -0.4 is 4.90 Å². The molecule has 0 radical (unpaired) electrons. The number of halogens is 1. The number of amides is 1. The van der Waals surface area contributed by atoms with Crippen LogP contribution in [0.15, 0.2) is 53.0 Å². The van der Waals surface area contributed by atoms with Gasteiger partial charge in [-0.3, -0.25) is 14.9 Å². The minimum Gasteiger partial charge on any atom is -0.368 e. The Morgan fingerprint density at radius 2 is 1.92 bits per heavy atom. The molecule has 1 fully saturated rings. The Bertz CT molecular complexity index is 794. The Kier molecular flexibility index (Phi) is 5.03. The number of nitro benzene ring substituents is 1.